The van der Waals surface area contributed by atoms with Crippen LogP contribution in [0.25, 0.3) is 0 Å². The first-order chi connectivity index (χ1) is 20.3. The van der Waals surface area contributed by atoms with Crippen molar-refractivity contribution < 1.29 is 23.6 Å². The fraction of sp³-hybridized carbons (Fsp3) is 0.387. The van der Waals surface area contributed by atoms with Gasteiger partial charge in [-0.15, -0.1) is 0 Å². The number of carbonyl (C=O) groups is 1. The Morgan fingerprint density at radius 1 is 1.12 bits per heavy atom. The Hall–Kier alpha value is -4.51. The highest BCUT2D eigenvalue weighted by atomic mass is 16.6. The number of likely N-dealkylation sites (tertiary alicyclic amines) is 1. The van der Waals surface area contributed by atoms with Crippen molar-refractivity contribution in [1.29, 1.82) is 0 Å². The number of benzene rings is 2. The van der Waals surface area contributed by atoms with Gasteiger partial charge < -0.3 is 29.7 Å². The molecule has 0 aliphatic carbocycles. The monoisotopic (exact) mass is 572 g/mol. The van der Waals surface area contributed by atoms with E-state index in [0.29, 0.717) is 56.1 Å². The van der Waals surface area contributed by atoms with Crippen LogP contribution in [0.3, 0.4) is 0 Å². The molecule has 0 bridgehead atoms. The summed E-state index contributed by atoms with van der Waals surface area (Å²) in [5.74, 6) is 2.54. The van der Waals surface area contributed by atoms with Crippen LogP contribution in [0.15, 0.2) is 59.6 Å². The quantitative estimate of drug-likeness (QED) is 0.242. The van der Waals surface area contributed by atoms with E-state index < -0.39 is 5.60 Å². The maximum absolute atomic E-state index is 12.6. The first-order valence-corrected chi connectivity index (χ1v) is 14.1. The molecule has 1 amide bonds. The molecule has 42 heavy (non-hydrogen) atoms. The zero-order chi connectivity index (χ0) is 29.5. The van der Waals surface area contributed by atoms with Crippen LogP contribution in [0.5, 0.6) is 5.75 Å². The largest absolute Gasteiger partial charge is 0.491 e. The lowest BCUT2D eigenvalue weighted by atomic mass is 10.1. The fourth-order valence-corrected chi connectivity index (χ4v) is 4.65. The number of methoxy groups -OCH3 is 1. The Balaban J connectivity index is 1.38. The van der Waals surface area contributed by atoms with Crippen LogP contribution in [-0.2, 0) is 16.0 Å². The smallest absolute Gasteiger partial charge is 0.410 e. The first-order valence-electron chi connectivity index (χ1n) is 14.1. The average Bonchev–Trinajstić information content (AvgIpc) is 3.60. The van der Waals surface area contributed by atoms with Crippen LogP contribution in [0.1, 0.15) is 32.8 Å². The van der Waals surface area contributed by atoms with Gasteiger partial charge in [-0.25, -0.2) is 9.37 Å². The zero-order valence-corrected chi connectivity index (χ0v) is 24.5. The molecule has 1 fully saturated rings. The molecule has 1 atom stereocenters. The molecule has 2 aromatic carbocycles. The van der Waals surface area contributed by atoms with E-state index in [0.717, 1.165) is 23.4 Å². The van der Waals surface area contributed by atoms with Gasteiger partial charge in [-0.2, -0.15) is 4.98 Å². The number of rotatable bonds is 10. The SMILES string of the molecule is COCCOc1cccc(Nc2nc(NCc3ccccc3)c3c(n2)[N+](=CC2CCN(C(=O)OC(C)(C)C)C2)C=N3)c1. The van der Waals surface area contributed by atoms with E-state index in [1.54, 1.807) is 18.3 Å². The molecule has 0 saturated carbocycles. The summed E-state index contributed by atoms with van der Waals surface area (Å²) in [6.45, 7) is 8.38. The van der Waals surface area contributed by atoms with Gasteiger partial charge in [0.05, 0.1) is 12.8 Å². The maximum atomic E-state index is 12.6. The minimum absolute atomic E-state index is 0.128. The van der Waals surface area contributed by atoms with Crippen molar-refractivity contribution in [3.05, 3.63) is 60.2 Å². The lowest BCUT2D eigenvalue weighted by Crippen LogP contribution is -2.35. The fourth-order valence-electron chi connectivity index (χ4n) is 4.65. The Morgan fingerprint density at radius 3 is 2.74 bits per heavy atom. The van der Waals surface area contributed by atoms with Crippen LogP contribution >= 0.6 is 0 Å². The molecular weight excluding hydrogens is 534 g/mol. The van der Waals surface area contributed by atoms with Gasteiger partial charge in [0.1, 0.15) is 18.0 Å². The molecule has 2 N–H and O–H groups in total. The van der Waals surface area contributed by atoms with Crippen molar-refractivity contribution in [2.45, 2.75) is 39.3 Å². The van der Waals surface area contributed by atoms with Gasteiger partial charge in [0, 0.05) is 44.4 Å². The van der Waals surface area contributed by atoms with E-state index in [1.807, 2.05) is 67.8 Å². The predicted molar refractivity (Wildman–Crippen MR) is 163 cm³/mol. The lowest BCUT2D eigenvalue weighted by molar-refractivity contribution is -0.291. The molecule has 11 heteroatoms. The topological polar surface area (TPSA) is 113 Å². The van der Waals surface area contributed by atoms with E-state index in [-0.39, 0.29) is 12.0 Å². The predicted octanol–water partition coefficient (Wildman–Crippen LogP) is 5.50. The van der Waals surface area contributed by atoms with Crippen LogP contribution in [0.2, 0.25) is 0 Å². The first kappa shape index (κ1) is 29.0. The Bertz CT molecular complexity index is 1450. The summed E-state index contributed by atoms with van der Waals surface area (Å²) in [4.78, 5) is 28.6. The molecule has 3 aromatic rings. The van der Waals surface area contributed by atoms with E-state index in [1.165, 1.54) is 0 Å². The summed E-state index contributed by atoms with van der Waals surface area (Å²) in [5.41, 5.74) is 2.04. The molecule has 5 rings (SSSR count). The van der Waals surface area contributed by atoms with Crippen molar-refractivity contribution in [2.75, 3.05) is 44.0 Å². The second-order valence-electron chi connectivity index (χ2n) is 11.2. The number of carbonyl (C=O) groups excluding carboxylic acids is 1. The highest BCUT2D eigenvalue weighted by molar-refractivity contribution is 5.83. The van der Waals surface area contributed by atoms with Gasteiger partial charge in [0.2, 0.25) is 6.34 Å². The summed E-state index contributed by atoms with van der Waals surface area (Å²) in [7, 11) is 1.64. The van der Waals surface area contributed by atoms with Gasteiger partial charge >= 0.3 is 17.9 Å². The van der Waals surface area contributed by atoms with Crippen molar-refractivity contribution >= 4 is 47.6 Å². The summed E-state index contributed by atoms with van der Waals surface area (Å²) in [6, 6.07) is 17.8. The highest BCUT2D eigenvalue weighted by Crippen LogP contribution is 2.38. The molecular formula is C31H38N7O4+. The number of hydrogen-bond donors (Lipinski definition) is 2. The van der Waals surface area contributed by atoms with Crippen LogP contribution < -0.4 is 15.4 Å². The van der Waals surface area contributed by atoms with E-state index in [2.05, 4.69) is 34.0 Å². The number of hydrogen-bond acceptors (Lipinski definition) is 9. The average molecular weight is 573 g/mol. The zero-order valence-electron chi connectivity index (χ0n) is 24.5. The molecule has 2 aliphatic rings. The third kappa shape index (κ3) is 7.61. The number of anilines is 3. The second-order valence-corrected chi connectivity index (χ2v) is 11.2. The molecule has 1 aromatic heterocycles. The Labute approximate surface area is 246 Å². The van der Waals surface area contributed by atoms with Crippen LogP contribution in [0, 0.1) is 5.92 Å². The number of amides is 1. The molecule has 220 valence electrons. The summed E-state index contributed by atoms with van der Waals surface area (Å²) < 4.78 is 18.3. The van der Waals surface area contributed by atoms with Gasteiger partial charge in [-0.05, 0) is 44.9 Å². The van der Waals surface area contributed by atoms with Gasteiger partial charge in [0.25, 0.3) is 5.69 Å². The normalized spacial score (nSPS) is 16.9. The van der Waals surface area contributed by atoms with Crippen molar-refractivity contribution in [1.82, 2.24) is 14.9 Å². The number of fused-ring (bicyclic) bond motifs is 1. The van der Waals surface area contributed by atoms with E-state index >= 15 is 0 Å². The summed E-state index contributed by atoms with van der Waals surface area (Å²) in [5, 5.41) is 6.76. The minimum Gasteiger partial charge on any atom is -0.491 e. The van der Waals surface area contributed by atoms with E-state index in [9.17, 15) is 4.79 Å². The van der Waals surface area contributed by atoms with E-state index in [4.69, 9.17) is 24.2 Å². The highest BCUT2D eigenvalue weighted by Gasteiger charge is 2.33. The molecule has 11 nitrogen and oxygen atoms in total. The van der Waals surface area contributed by atoms with Gasteiger partial charge in [0.15, 0.2) is 5.82 Å². The van der Waals surface area contributed by atoms with Gasteiger partial charge in [-0.3, -0.25) is 0 Å². The van der Waals surface area contributed by atoms with Crippen LogP contribution in [-0.4, -0.2) is 77.1 Å². The van der Waals surface area contributed by atoms with Crippen molar-refractivity contribution in [3.8, 4) is 5.75 Å². The Kier molecular flexibility index (Phi) is 8.97. The molecule has 0 spiro atoms. The lowest BCUT2D eigenvalue weighted by Gasteiger charge is -2.24. The third-order valence-corrected chi connectivity index (χ3v) is 6.62. The summed E-state index contributed by atoms with van der Waals surface area (Å²) in [6.07, 6.45) is 4.35. The minimum atomic E-state index is -0.529. The van der Waals surface area contributed by atoms with Gasteiger partial charge in [-0.1, -0.05) is 46.4 Å². The Morgan fingerprint density at radius 2 is 1.95 bits per heavy atom. The molecule has 1 saturated heterocycles. The number of ether oxygens (including phenoxy) is 3. The standard InChI is InChI=1S/C31H38N7O4/c1-31(2,3)42-30(39)37-14-13-23(19-37)20-38-21-33-26-27(32-18-22-9-6-5-7-10-22)35-29(36-28(26)38)34-24-11-8-12-25(17-24)41-16-15-40-4/h5-12,17,20-21,23H,13-16,18-19H2,1-4H3,(H2,32,34,35,36)/q+1. The molecule has 3 heterocycles. The van der Waals surface area contributed by atoms with Crippen LogP contribution in [0.4, 0.5) is 33.8 Å². The van der Waals surface area contributed by atoms with Crippen molar-refractivity contribution in [2.24, 2.45) is 10.9 Å². The number of aliphatic imine (C=N–C) groups is 1. The maximum Gasteiger partial charge on any atom is 0.410 e. The summed E-state index contributed by atoms with van der Waals surface area (Å²) >= 11 is 0. The number of aromatic nitrogens is 2. The molecule has 1 unspecified atom stereocenters. The second kappa shape index (κ2) is 13.0. The number of nitrogens with zero attached hydrogens (tertiary/aromatic N) is 5. The third-order valence-electron chi connectivity index (χ3n) is 6.62. The molecule has 0 radical (unpaired) electrons. The number of nitrogens with one attached hydrogen (secondary N) is 2. The van der Waals surface area contributed by atoms with Crippen molar-refractivity contribution in [3.63, 3.8) is 0 Å². The molecule has 2 aliphatic heterocycles.